The first kappa shape index (κ1) is 19.5. The van der Waals surface area contributed by atoms with E-state index < -0.39 is 12.0 Å². The smallest absolute Gasteiger partial charge is 0.328 e. The zero-order valence-corrected chi connectivity index (χ0v) is 16.7. The Kier molecular flexibility index (Phi) is 5.54. The van der Waals surface area contributed by atoms with Crippen molar-refractivity contribution in [2.24, 2.45) is 5.73 Å². The number of rotatable bonds is 6. The minimum atomic E-state index is -0.671. The lowest BCUT2D eigenvalue weighted by Crippen LogP contribution is -2.49. The van der Waals surface area contributed by atoms with Crippen LogP contribution < -0.4 is 5.73 Å². The van der Waals surface area contributed by atoms with E-state index in [4.69, 9.17) is 14.9 Å². The van der Waals surface area contributed by atoms with Gasteiger partial charge in [0.25, 0.3) is 5.22 Å². The van der Waals surface area contributed by atoms with Crippen molar-refractivity contribution in [3.05, 3.63) is 41.4 Å². The van der Waals surface area contributed by atoms with Gasteiger partial charge in [0.1, 0.15) is 6.04 Å². The Balaban J connectivity index is 1.53. The molecule has 0 unspecified atom stereocenters. The lowest BCUT2D eigenvalue weighted by atomic mass is 9.96. The molecule has 152 valence electrons. The summed E-state index contributed by atoms with van der Waals surface area (Å²) in [5.41, 5.74) is 8.45. The highest BCUT2D eigenvalue weighted by Crippen LogP contribution is 2.31. The van der Waals surface area contributed by atoms with Gasteiger partial charge in [0.05, 0.1) is 19.4 Å². The number of aromatic amines is 1. The molecule has 0 saturated carbocycles. The molecule has 1 aliphatic heterocycles. The van der Waals surface area contributed by atoms with Gasteiger partial charge in [-0.25, -0.2) is 4.79 Å². The first-order valence-corrected chi connectivity index (χ1v) is 10.2. The quantitative estimate of drug-likeness (QED) is 0.455. The predicted octanol–water partition coefficient (Wildman–Crippen LogP) is 1.27. The number of thioether (sulfide) groups is 1. The molecule has 0 spiro atoms. The summed E-state index contributed by atoms with van der Waals surface area (Å²) in [5, 5.41) is 9.17. The highest BCUT2D eigenvalue weighted by molar-refractivity contribution is 7.99. The minimum absolute atomic E-state index is 0.0767. The highest BCUT2D eigenvalue weighted by atomic mass is 32.2. The number of H-pyrrole nitrogens is 1. The van der Waals surface area contributed by atoms with Crippen LogP contribution in [0.3, 0.4) is 0 Å². The normalized spacial score (nSPS) is 16.1. The average Bonchev–Trinajstić information content (AvgIpc) is 3.34. The van der Waals surface area contributed by atoms with Crippen molar-refractivity contribution in [2.75, 3.05) is 19.4 Å². The second-order valence-corrected chi connectivity index (χ2v) is 7.61. The van der Waals surface area contributed by atoms with Gasteiger partial charge in [-0.15, -0.1) is 10.2 Å². The lowest BCUT2D eigenvalue weighted by Gasteiger charge is -2.33. The molecule has 9 nitrogen and oxygen atoms in total. The van der Waals surface area contributed by atoms with E-state index in [-0.39, 0.29) is 11.7 Å². The number of nitrogens with two attached hydrogens (primary N) is 1. The van der Waals surface area contributed by atoms with Gasteiger partial charge >= 0.3 is 5.97 Å². The Bertz CT molecular complexity index is 1050. The number of nitrogens with one attached hydrogen (secondary N) is 1. The summed E-state index contributed by atoms with van der Waals surface area (Å²) in [4.78, 5) is 30.3. The van der Waals surface area contributed by atoms with E-state index in [1.165, 1.54) is 7.11 Å². The van der Waals surface area contributed by atoms with Gasteiger partial charge < -0.3 is 24.8 Å². The van der Waals surface area contributed by atoms with Crippen LogP contribution in [-0.2, 0) is 33.7 Å². The Morgan fingerprint density at radius 1 is 1.38 bits per heavy atom. The second-order valence-electron chi connectivity index (χ2n) is 6.68. The fourth-order valence-electron chi connectivity index (χ4n) is 3.54. The summed E-state index contributed by atoms with van der Waals surface area (Å²) in [6.07, 6.45) is 0.894. The molecule has 3 heterocycles. The number of methoxy groups -OCH3 is 1. The molecule has 1 amide bonds. The molecule has 3 aromatic rings. The van der Waals surface area contributed by atoms with Gasteiger partial charge in [-0.3, -0.25) is 4.79 Å². The summed E-state index contributed by atoms with van der Waals surface area (Å²) < 4.78 is 10.4. The van der Waals surface area contributed by atoms with E-state index in [0.29, 0.717) is 37.0 Å². The maximum absolute atomic E-state index is 12.9. The third-order valence-electron chi connectivity index (χ3n) is 4.92. The number of esters is 1. The number of carbonyl (C=O) groups excluding carboxylic acids is 2. The third kappa shape index (κ3) is 3.85. The third-order valence-corrected chi connectivity index (χ3v) is 5.73. The number of ether oxygens (including phenoxy) is 1. The van der Waals surface area contributed by atoms with Crippen molar-refractivity contribution in [3.63, 3.8) is 0 Å². The van der Waals surface area contributed by atoms with E-state index in [1.807, 2.05) is 24.3 Å². The molecular weight excluding hydrogens is 394 g/mol. The molecule has 1 aromatic carbocycles. The summed E-state index contributed by atoms with van der Waals surface area (Å²) in [6, 6.07) is 7.24. The Hall–Kier alpha value is -2.85. The van der Waals surface area contributed by atoms with Crippen molar-refractivity contribution in [3.8, 4) is 0 Å². The van der Waals surface area contributed by atoms with Crippen LogP contribution in [0.15, 0.2) is 33.9 Å². The number of aromatic nitrogens is 3. The first-order chi connectivity index (χ1) is 14.1. The zero-order chi connectivity index (χ0) is 20.4. The van der Waals surface area contributed by atoms with Crippen LogP contribution in [0.1, 0.15) is 17.1 Å². The highest BCUT2D eigenvalue weighted by Gasteiger charge is 2.37. The molecule has 29 heavy (non-hydrogen) atoms. The minimum Gasteiger partial charge on any atom is -0.467 e. The lowest BCUT2D eigenvalue weighted by molar-refractivity contribution is -0.153. The maximum atomic E-state index is 12.9. The number of hydrogen-bond donors (Lipinski definition) is 2. The van der Waals surface area contributed by atoms with E-state index in [9.17, 15) is 9.59 Å². The Morgan fingerprint density at radius 2 is 2.21 bits per heavy atom. The molecule has 1 atom stereocenters. The molecule has 0 bridgehead atoms. The van der Waals surface area contributed by atoms with Crippen molar-refractivity contribution in [1.82, 2.24) is 20.1 Å². The fourth-order valence-corrected chi connectivity index (χ4v) is 4.21. The Labute approximate surface area is 171 Å². The Morgan fingerprint density at radius 3 is 3.00 bits per heavy atom. The number of benzene rings is 1. The van der Waals surface area contributed by atoms with Gasteiger partial charge in [-0.2, -0.15) is 0 Å². The zero-order valence-electron chi connectivity index (χ0n) is 15.9. The number of hydrogen-bond acceptors (Lipinski definition) is 8. The van der Waals surface area contributed by atoms with Gasteiger partial charge in [0, 0.05) is 36.0 Å². The number of carbonyl (C=O) groups is 2. The molecule has 2 aromatic heterocycles. The van der Waals surface area contributed by atoms with Crippen molar-refractivity contribution in [1.29, 1.82) is 0 Å². The van der Waals surface area contributed by atoms with Crippen molar-refractivity contribution >= 4 is 34.5 Å². The maximum Gasteiger partial charge on any atom is 0.328 e. The van der Waals surface area contributed by atoms with Crippen LogP contribution in [0.5, 0.6) is 0 Å². The van der Waals surface area contributed by atoms with Crippen LogP contribution in [0.25, 0.3) is 10.9 Å². The molecule has 0 fully saturated rings. The molecular formula is C19H21N5O4S. The number of para-hydroxylation sites is 1. The molecule has 3 N–H and O–H groups in total. The first-order valence-electron chi connectivity index (χ1n) is 9.21. The van der Waals surface area contributed by atoms with Crippen LogP contribution in [-0.4, -0.2) is 57.4 Å². The molecule has 0 aliphatic carbocycles. The number of nitrogens with zero attached hydrogens (tertiary/aromatic N) is 3. The summed E-state index contributed by atoms with van der Waals surface area (Å²) in [6.45, 7) is 0.720. The van der Waals surface area contributed by atoms with Gasteiger partial charge in [0.15, 0.2) is 0 Å². The van der Waals surface area contributed by atoms with E-state index in [1.54, 1.807) is 4.90 Å². The number of fused-ring (bicyclic) bond motifs is 3. The molecule has 10 heteroatoms. The van der Waals surface area contributed by atoms with Crippen LogP contribution in [0.4, 0.5) is 0 Å². The van der Waals surface area contributed by atoms with Crippen LogP contribution in [0.2, 0.25) is 0 Å². The summed E-state index contributed by atoms with van der Waals surface area (Å²) in [7, 11) is 1.34. The summed E-state index contributed by atoms with van der Waals surface area (Å²) >= 11 is 1.14. The van der Waals surface area contributed by atoms with E-state index in [2.05, 4.69) is 15.2 Å². The average molecular weight is 415 g/mol. The SMILES string of the molecule is COC(=O)[C@H]1Cc2c([nH]c3ccccc23)CN1C(=O)CSc1nnc(CCN)o1. The van der Waals surface area contributed by atoms with Gasteiger partial charge in [-0.1, -0.05) is 30.0 Å². The van der Waals surface area contributed by atoms with Crippen molar-refractivity contribution in [2.45, 2.75) is 30.7 Å². The molecule has 4 rings (SSSR count). The topological polar surface area (TPSA) is 127 Å². The predicted molar refractivity (Wildman–Crippen MR) is 106 cm³/mol. The fraction of sp³-hybridized carbons (Fsp3) is 0.368. The second kappa shape index (κ2) is 8.26. The van der Waals surface area contributed by atoms with Crippen molar-refractivity contribution < 1.29 is 18.7 Å². The summed E-state index contributed by atoms with van der Waals surface area (Å²) in [5.74, 6) is -0.112. The standard InChI is InChI=1S/C19H21N5O4S/c1-27-18(26)15-8-12-11-4-2-3-5-13(11)21-14(12)9-24(15)17(25)10-29-19-23-22-16(28-19)6-7-20/h2-5,15,21H,6-10,20H2,1H3/t15-/m1/s1. The van der Waals surface area contributed by atoms with E-state index in [0.717, 1.165) is 33.9 Å². The monoisotopic (exact) mass is 415 g/mol. The molecule has 0 saturated heterocycles. The van der Waals surface area contributed by atoms with Gasteiger partial charge in [-0.05, 0) is 11.6 Å². The molecule has 1 aliphatic rings. The van der Waals surface area contributed by atoms with Crippen LogP contribution in [0, 0.1) is 0 Å². The molecule has 0 radical (unpaired) electrons. The van der Waals surface area contributed by atoms with E-state index >= 15 is 0 Å². The number of amides is 1. The van der Waals surface area contributed by atoms with Crippen LogP contribution >= 0.6 is 11.8 Å². The van der Waals surface area contributed by atoms with Gasteiger partial charge in [0.2, 0.25) is 11.8 Å². The largest absolute Gasteiger partial charge is 0.467 e.